The molecule has 1 fully saturated rings. The standard InChI is InChI=1S/C27H30N2O3/c1-18(2)17-20-9-11-21(12-10-20)25(30)22-13-15-29(16-14-22)27(31)24-19(3)32-26(28-24)23-7-5-4-6-8-23/h4-12,18,22H,13-17H2,1-3H3. The van der Waals surface area contributed by atoms with Crippen LogP contribution in [-0.2, 0) is 6.42 Å². The number of benzene rings is 2. The van der Waals surface area contributed by atoms with Crippen LogP contribution in [0.1, 0.15) is 58.9 Å². The molecule has 0 atom stereocenters. The molecule has 0 spiro atoms. The maximum Gasteiger partial charge on any atom is 0.276 e. The van der Waals surface area contributed by atoms with Crippen LogP contribution >= 0.6 is 0 Å². The number of piperidine rings is 1. The first kappa shape index (κ1) is 22.0. The number of likely N-dealkylation sites (tertiary alicyclic amines) is 1. The Kier molecular flexibility index (Phi) is 6.54. The van der Waals surface area contributed by atoms with Gasteiger partial charge in [-0.2, -0.15) is 0 Å². The van der Waals surface area contributed by atoms with Gasteiger partial charge in [0.1, 0.15) is 5.76 Å². The lowest BCUT2D eigenvalue weighted by atomic mass is 9.88. The van der Waals surface area contributed by atoms with Crippen LogP contribution in [0.4, 0.5) is 0 Å². The van der Waals surface area contributed by atoms with Crippen LogP contribution in [-0.4, -0.2) is 34.7 Å². The van der Waals surface area contributed by atoms with E-state index in [1.54, 1.807) is 11.8 Å². The van der Waals surface area contributed by atoms with Crippen molar-refractivity contribution >= 4 is 11.7 Å². The molecule has 0 unspecified atom stereocenters. The summed E-state index contributed by atoms with van der Waals surface area (Å²) in [4.78, 5) is 32.3. The van der Waals surface area contributed by atoms with E-state index >= 15 is 0 Å². The van der Waals surface area contributed by atoms with Gasteiger partial charge in [0.15, 0.2) is 11.5 Å². The lowest BCUT2D eigenvalue weighted by Gasteiger charge is -2.31. The Morgan fingerprint density at radius 1 is 1.03 bits per heavy atom. The number of nitrogens with zero attached hydrogens (tertiary/aromatic N) is 2. The fourth-order valence-corrected chi connectivity index (χ4v) is 4.31. The Balaban J connectivity index is 1.38. The van der Waals surface area contributed by atoms with Crippen molar-refractivity contribution in [1.29, 1.82) is 0 Å². The summed E-state index contributed by atoms with van der Waals surface area (Å²) < 4.78 is 5.75. The van der Waals surface area contributed by atoms with Gasteiger partial charge in [-0.3, -0.25) is 9.59 Å². The number of hydrogen-bond acceptors (Lipinski definition) is 4. The van der Waals surface area contributed by atoms with Crippen LogP contribution in [0.25, 0.3) is 11.5 Å². The number of aryl methyl sites for hydroxylation is 1. The van der Waals surface area contributed by atoms with E-state index in [-0.39, 0.29) is 17.6 Å². The Morgan fingerprint density at radius 2 is 1.69 bits per heavy atom. The molecule has 5 nitrogen and oxygen atoms in total. The average molecular weight is 431 g/mol. The highest BCUT2D eigenvalue weighted by atomic mass is 16.4. The molecule has 2 aromatic carbocycles. The molecule has 1 aromatic heterocycles. The summed E-state index contributed by atoms with van der Waals surface area (Å²) in [5.74, 6) is 1.57. The minimum absolute atomic E-state index is 0.0479. The van der Waals surface area contributed by atoms with Crippen molar-refractivity contribution in [2.45, 2.75) is 40.0 Å². The molecule has 166 valence electrons. The summed E-state index contributed by atoms with van der Waals surface area (Å²) in [6.45, 7) is 7.25. The highest BCUT2D eigenvalue weighted by molar-refractivity contribution is 5.98. The first-order chi connectivity index (χ1) is 15.4. The second-order valence-corrected chi connectivity index (χ2v) is 9.02. The topological polar surface area (TPSA) is 63.4 Å². The highest BCUT2D eigenvalue weighted by Crippen LogP contribution is 2.26. The number of ketones is 1. The van der Waals surface area contributed by atoms with E-state index in [0.29, 0.717) is 49.2 Å². The van der Waals surface area contributed by atoms with Gasteiger partial charge < -0.3 is 9.32 Å². The predicted molar refractivity (Wildman–Crippen MR) is 125 cm³/mol. The van der Waals surface area contributed by atoms with Crippen LogP contribution in [0.15, 0.2) is 59.0 Å². The van der Waals surface area contributed by atoms with Crippen LogP contribution in [0.3, 0.4) is 0 Å². The number of rotatable bonds is 6. The number of carbonyl (C=O) groups is 2. The molecule has 1 aliphatic rings. The average Bonchev–Trinajstić information content (AvgIpc) is 3.20. The molecule has 3 aromatic rings. The van der Waals surface area contributed by atoms with Gasteiger partial charge >= 0.3 is 0 Å². The normalized spacial score (nSPS) is 14.7. The Hall–Kier alpha value is -3.21. The Morgan fingerprint density at radius 3 is 2.31 bits per heavy atom. The summed E-state index contributed by atoms with van der Waals surface area (Å²) in [7, 11) is 0. The second-order valence-electron chi connectivity index (χ2n) is 9.02. The largest absolute Gasteiger partial charge is 0.441 e. The van der Waals surface area contributed by atoms with Gasteiger partial charge in [0.2, 0.25) is 5.89 Å². The molecule has 32 heavy (non-hydrogen) atoms. The van der Waals surface area contributed by atoms with Crippen molar-refractivity contribution in [3.63, 3.8) is 0 Å². The molecule has 1 amide bonds. The zero-order valence-corrected chi connectivity index (χ0v) is 19.0. The summed E-state index contributed by atoms with van der Waals surface area (Å²) in [6.07, 6.45) is 2.35. The van der Waals surface area contributed by atoms with Gasteiger partial charge in [0.25, 0.3) is 5.91 Å². The third-order valence-electron chi connectivity index (χ3n) is 6.06. The lowest BCUT2D eigenvalue weighted by molar-refractivity contribution is 0.0644. The third-order valence-corrected chi connectivity index (χ3v) is 6.06. The van der Waals surface area contributed by atoms with Gasteiger partial charge in [-0.05, 0) is 49.8 Å². The zero-order chi connectivity index (χ0) is 22.7. The van der Waals surface area contributed by atoms with E-state index in [1.807, 2.05) is 42.5 Å². The molecular weight excluding hydrogens is 400 g/mol. The van der Waals surface area contributed by atoms with Crippen molar-refractivity contribution in [1.82, 2.24) is 9.88 Å². The van der Waals surface area contributed by atoms with Crippen molar-refractivity contribution in [2.24, 2.45) is 11.8 Å². The van der Waals surface area contributed by atoms with Crippen molar-refractivity contribution in [3.05, 3.63) is 77.2 Å². The van der Waals surface area contributed by atoms with E-state index in [9.17, 15) is 9.59 Å². The smallest absolute Gasteiger partial charge is 0.276 e. The van der Waals surface area contributed by atoms with Crippen molar-refractivity contribution in [2.75, 3.05) is 13.1 Å². The fourth-order valence-electron chi connectivity index (χ4n) is 4.31. The molecule has 0 saturated carbocycles. The first-order valence-corrected chi connectivity index (χ1v) is 11.4. The molecule has 0 bridgehead atoms. The molecule has 2 heterocycles. The van der Waals surface area contributed by atoms with Gasteiger partial charge in [0.05, 0.1) is 0 Å². The van der Waals surface area contributed by atoms with Crippen molar-refractivity contribution in [3.8, 4) is 11.5 Å². The fraction of sp³-hybridized carbons (Fsp3) is 0.370. The summed E-state index contributed by atoms with van der Waals surface area (Å²) in [5, 5.41) is 0. The molecular formula is C27H30N2O3. The van der Waals surface area contributed by atoms with Crippen molar-refractivity contribution < 1.29 is 14.0 Å². The number of hydrogen-bond donors (Lipinski definition) is 0. The summed E-state index contributed by atoms with van der Waals surface area (Å²) >= 11 is 0. The second kappa shape index (κ2) is 9.51. The summed E-state index contributed by atoms with van der Waals surface area (Å²) in [6, 6.07) is 17.6. The monoisotopic (exact) mass is 430 g/mol. The lowest BCUT2D eigenvalue weighted by Crippen LogP contribution is -2.40. The zero-order valence-electron chi connectivity index (χ0n) is 19.0. The minimum Gasteiger partial charge on any atom is -0.441 e. The number of carbonyl (C=O) groups excluding carboxylic acids is 2. The number of amides is 1. The van der Waals surface area contributed by atoms with E-state index < -0.39 is 0 Å². The quantitative estimate of drug-likeness (QED) is 0.479. The predicted octanol–water partition coefficient (Wildman–Crippen LogP) is 5.58. The van der Waals surface area contributed by atoms with Crippen LogP contribution in [0, 0.1) is 18.8 Å². The SMILES string of the molecule is Cc1oc(-c2ccccc2)nc1C(=O)N1CCC(C(=O)c2ccc(CC(C)C)cc2)CC1. The van der Waals surface area contributed by atoms with E-state index in [1.165, 1.54) is 5.56 Å². The Bertz CT molecular complexity index is 1080. The van der Waals surface area contributed by atoms with E-state index in [2.05, 4.69) is 31.0 Å². The van der Waals surface area contributed by atoms with Gasteiger partial charge in [-0.1, -0.05) is 56.3 Å². The van der Waals surface area contributed by atoms with Gasteiger partial charge in [-0.25, -0.2) is 4.98 Å². The Labute approximate surface area is 189 Å². The molecule has 1 saturated heterocycles. The van der Waals surface area contributed by atoms with Gasteiger partial charge in [-0.15, -0.1) is 0 Å². The number of aromatic nitrogens is 1. The van der Waals surface area contributed by atoms with Crippen LogP contribution in [0.5, 0.6) is 0 Å². The molecule has 5 heteroatoms. The van der Waals surface area contributed by atoms with E-state index in [0.717, 1.165) is 17.5 Å². The van der Waals surface area contributed by atoms with E-state index in [4.69, 9.17) is 4.42 Å². The van der Waals surface area contributed by atoms with Crippen LogP contribution < -0.4 is 0 Å². The molecule has 4 rings (SSSR count). The number of Topliss-reactive ketones (excluding diaryl/α,β-unsaturated/α-hetero) is 1. The maximum absolute atomic E-state index is 13.1. The molecule has 0 N–H and O–H groups in total. The minimum atomic E-state index is -0.127. The third kappa shape index (κ3) is 4.82. The molecule has 0 aliphatic carbocycles. The van der Waals surface area contributed by atoms with Gasteiger partial charge in [0, 0.05) is 30.1 Å². The first-order valence-electron chi connectivity index (χ1n) is 11.4. The maximum atomic E-state index is 13.1. The number of oxazole rings is 1. The summed E-state index contributed by atoms with van der Waals surface area (Å²) in [5.41, 5.74) is 3.23. The molecule has 0 radical (unpaired) electrons. The van der Waals surface area contributed by atoms with Crippen LogP contribution in [0.2, 0.25) is 0 Å². The molecule has 1 aliphatic heterocycles. The highest BCUT2D eigenvalue weighted by Gasteiger charge is 2.30.